The first-order valence-electron chi connectivity index (χ1n) is 5.70. The van der Waals surface area contributed by atoms with Crippen molar-refractivity contribution in [2.45, 2.75) is 19.6 Å². The Balaban J connectivity index is 1.91. The molecule has 0 fully saturated rings. The molecule has 1 N–H and O–H groups in total. The van der Waals surface area contributed by atoms with Gasteiger partial charge in [-0.1, -0.05) is 5.16 Å². The molecule has 0 aliphatic carbocycles. The highest BCUT2D eigenvalue weighted by atomic mass is 19.4. The van der Waals surface area contributed by atoms with Crippen molar-refractivity contribution in [2.75, 3.05) is 0 Å². The number of carbonyl (C=O) groups excluding carboxylic acids is 1. The van der Waals surface area contributed by atoms with Crippen LogP contribution in [0.4, 0.5) is 13.2 Å². The normalized spacial score (nSPS) is 12.0. The SMILES string of the molecule is Cc1cc(C(=O)NN=Cc2ccn(CC(F)(F)F)n2)no1. The number of nitrogens with zero attached hydrogens (tertiary/aromatic N) is 4. The van der Waals surface area contributed by atoms with Crippen molar-refractivity contribution in [2.24, 2.45) is 5.10 Å². The molecule has 1 amide bonds. The molecule has 0 aromatic carbocycles. The highest BCUT2D eigenvalue weighted by Gasteiger charge is 2.28. The molecule has 7 nitrogen and oxygen atoms in total. The van der Waals surface area contributed by atoms with Gasteiger partial charge >= 0.3 is 6.18 Å². The van der Waals surface area contributed by atoms with E-state index in [1.165, 1.54) is 12.1 Å². The molecule has 2 aromatic rings. The highest BCUT2D eigenvalue weighted by molar-refractivity contribution is 5.92. The Morgan fingerprint density at radius 3 is 2.95 bits per heavy atom. The predicted octanol–water partition coefficient (Wildman–Crippen LogP) is 1.51. The molecule has 0 bridgehead atoms. The first-order chi connectivity index (χ1) is 9.83. The summed E-state index contributed by atoms with van der Waals surface area (Å²) in [6.07, 6.45) is -2.06. The number of halogens is 3. The Hall–Kier alpha value is -2.65. The first kappa shape index (κ1) is 14.8. The van der Waals surface area contributed by atoms with E-state index in [0.717, 1.165) is 17.1 Å². The third-order valence-electron chi connectivity index (χ3n) is 2.23. The summed E-state index contributed by atoms with van der Waals surface area (Å²) < 4.78 is 41.8. The van der Waals surface area contributed by atoms with Crippen LogP contribution < -0.4 is 5.43 Å². The van der Waals surface area contributed by atoms with E-state index in [-0.39, 0.29) is 11.4 Å². The second-order valence-corrected chi connectivity index (χ2v) is 4.08. The van der Waals surface area contributed by atoms with Crippen molar-refractivity contribution in [1.82, 2.24) is 20.4 Å². The van der Waals surface area contributed by atoms with E-state index in [9.17, 15) is 18.0 Å². The van der Waals surface area contributed by atoms with E-state index < -0.39 is 18.6 Å². The van der Waals surface area contributed by atoms with Crippen LogP contribution in [-0.2, 0) is 6.54 Å². The van der Waals surface area contributed by atoms with Gasteiger partial charge in [0.05, 0.1) is 6.21 Å². The van der Waals surface area contributed by atoms with Crippen molar-refractivity contribution in [3.05, 3.63) is 35.5 Å². The molecule has 2 rings (SSSR count). The number of hydrogen-bond donors (Lipinski definition) is 1. The molecule has 2 aromatic heterocycles. The van der Waals surface area contributed by atoms with Gasteiger partial charge in [0.2, 0.25) is 0 Å². The smallest absolute Gasteiger partial charge is 0.361 e. The molecule has 0 saturated heterocycles. The Morgan fingerprint density at radius 1 is 1.57 bits per heavy atom. The lowest BCUT2D eigenvalue weighted by molar-refractivity contribution is -0.142. The van der Waals surface area contributed by atoms with Crippen molar-refractivity contribution in [1.29, 1.82) is 0 Å². The van der Waals surface area contributed by atoms with Gasteiger partial charge in [-0.25, -0.2) is 5.43 Å². The summed E-state index contributed by atoms with van der Waals surface area (Å²) >= 11 is 0. The van der Waals surface area contributed by atoms with Crippen LogP contribution in [0.2, 0.25) is 0 Å². The fourth-order valence-corrected chi connectivity index (χ4v) is 1.41. The fraction of sp³-hybridized carbons (Fsp3) is 0.273. The topological polar surface area (TPSA) is 85.3 Å². The molecule has 21 heavy (non-hydrogen) atoms. The van der Waals surface area contributed by atoms with Gasteiger partial charge in [0, 0.05) is 12.3 Å². The predicted molar refractivity (Wildman–Crippen MR) is 64.6 cm³/mol. The van der Waals surface area contributed by atoms with Crippen LogP contribution in [0.1, 0.15) is 21.9 Å². The van der Waals surface area contributed by atoms with Gasteiger partial charge in [-0.2, -0.15) is 23.4 Å². The van der Waals surface area contributed by atoms with Crippen LogP contribution >= 0.6 is 0 Å². The molecule has 10 heteroatoms. The third-order valence-corrected chi connectivity index (χ3v) is 2.23. The maximum absolute atomic E-state index is 12.1. The zero-order chi connectivity index (χ0) is 15.5. The Kier molecular flexibility index (Phi) is 4.05. The van der Waals surface area contributed by atoms with Gasteiger partial charge in [-0.05, 0) is 13.0 Å². The first-order valence-corrected chi connectivity index (χ1v) is 5.70. The van der Waals surface area contributed by atoms with Crippen LogP contribution in [-0.4, -0.2) is 33.2 Å². The van der Waals surface area contributed by atoms with Gasteiger partial charge in [-0.15, -0.1) is 0 Å². The van der Waals surface area contributed by atoms with E-state index in [1.54, 1.807) is 6.92 Å². The molecule has 112 valence electrons. The molecule has 0 aliphatic heterocycles. The van der Waals surface area contributed by atoms with Gasteiger partial charge in [0.1, 0.15) is 18.0 Å². The summed E-state index contributed by atoms with van der Waals surface area (Å²) in [4.78, 5) is 11.5. The molecular weight excluding hydrogens is 291 g/mol. The molecule has 0 atom stereocenters. The summed E-state index contributed by atoms with van der Waals surface area (Å²) in [6, 6.07) is 2.75. The summed E-state index contributed by atoms with van der Waals surface area (Å²) in [7, 11) is 0. The van der Waals surface area contributed by atoms with Gasteiger partial charge in [0.25, 0.3) is 5.91 Å². The maximum atomic E-state index is 12.1. The molecule has 0 spiro atoms. The average molecular weight is 301 g/mol. The number of carbonyl (C=O) groups is 1. The summed E-state index contributed by atoms with van der Waals surface area (Å²) in [5, 5.41) is 10.7. The summed E-state index contributed by atoms with van der Waals surface area (Å²) in [5.74, 6) is -0.132. The number of rotatable bonds is 4. The molecular formula is C11H10F3N5O2. The number of amides is 1. The van der Waals surface area contributed by atoms with Crippen LogP contribution in [0.5, 0.6) is 0 Å². The Labute approximate surface area is 116 Å². The van der Waals surface area contributed by atoms with E-state index >= 15 is 0 Å². The van der Waals surface area contributed by atoms with Crippen molar-refractivity contribution < 1.29 is 22.5 Å². The Bertz CT molecular complexity index is 659. The molecule has 0 radical (unpaired) electrons. The lowest BCUT2D eigenvalue weighted by Gasteiger charge is -2.04. The monoisotopic (exact) mass is 301 g/mol. The minimum Gasteiger partial charge on any atom is -0.361 e. The van der Waals surface area contributed by atoms with Crippen LogP contribution in [0.3, 0.4) is 0 Å². The van der Waals surface area contributed by atoms with Crippen LogP contribution in [0.15, 0.2) is 28.0 Å². The number of hydrazone groups is 1. The third kappa shape index (κ3) is 4.44. The number of nitrogens with one attached hydrogen (secondary N) is 1. The van der Waals surface area contributed by atoms with E-state index in [2.05, 4.69) is 20.8 Å². The Morgan fingerprint density at radius 2 is 2.33 bits per heavy atom. The highest BCUT2D eigenvalue weighted by Crippen LogP contribution is 2.16. The van der Waals surface area contributed by atoms with E-state index in [0.29, 0.717) is 5.76 Å². The van der Waals surface area contributed by atoms with E-state index in [4.69, 9.17) is 4.52 Å². The van der Waals surface area contributed by atoms with Crippen molar-refractivity contribution in [3.63, 3.8) is 0 Å². The maximum Gasteiger partial charge on any atom is 0.408 e. The fourth-order valence-electron chi connectivity index (χ4n) is 1.41. The zero-order valence-electron chi connectivity index (χ0n) is 10.8. The van der Waals surface area contributed by atoms with Gasteiger partial charge in [-0.3, -0.25) is 9.48 Å². The molecule has 0 saturated carbocycles. The molecule has 0 aliphatic rings. The molecule has 2 heterocycles. The quantitative estimate of drug-likeness (QED) is 0.685. The second kappa shape index (κ2) is 5.77. The second-order valence-electron chi connectivity index (χ2n) is 4.08. The minimum atomic E-state index is -4.35. The number of alkyl halides is 3. The molecule has 0 unspecified atom stereocenters. The van der Waals surface area contributed by atoms with Crippen molar-refractivity contribution in [3.8, 4) is 0 Å². The number of hydrogen-bond acceptors (Lipinski definition) is 5. The number of aromatic nitrogens is 3. The van der Waals surface area contributed by atoms with Gasteiger partial charge in [0.15, 0.2) is 5.69 Å². The largest absolute Gasteiger partial charge is 0.408 e. The van der Waals surface area contributed by atoms with Crippen molar-refractivity contribution >= 4 is 12.1 Å². The zero-order valence-corrected chi connectivity index (χ0v) is 10.8. The van der Waals surface area contributed by atoms with Crippen LogP contribution in [0, 0.1) is 6.92 Å². The van der Waals surface area contributed by atoms with E-state index in [1.807, 2.05) is 0 Å². The summed E-state index contributed by atoms with van der Waals surface area (Å²) in [5.41, 5.74) is 2.38. The number of aryl methyl sites for hydroxylation is 1. The minimum absolute atomic E-state index is 0.0484. The van der Waals surface area contributed by atoms with Crippen LogP contribution in [0.25, 0.3) is 0 Å². The lowest BCUT2D eigenvalue weighted by atomic mass is 10.4. The summed E-state index contributed by atoms with van der Waals surface area (Å²) in [6.45, 7) is 0.436. The standard InChI is InChI=1S/C11H10F3N5O2/c1-7-4-9(18-21-7)10(20)16-15-5-8-2-3-19(17-8)6-11(12,13)14/h2-5H,6H2,1H3,(H,16,20). The van der Waals surface area contributed by atoms with Gasteiger partial charge < -0.3 is 4.52 Å². The average Bonchev–Trinajstić information content (AvgIpc) is 2.96. The lowest BCUT2D eigenvalue weighted by Crippen LogP contribution is -2.19.